The van der Waals surface area contributed by atoms with Crippen molar-refractivity contribution in [2.24, 2.45) is 0 Å². The maximum absolute atomic E-state index is 12.6. The number of nitrogens with zero attached hydrogens (tertiary/aromatic N) is 2. The summed E-state index contributed by atoms with van der Waals surface area (Å²) in [6.07, 6.45) is 0. The molecule has 1 aromatic heterocycles. The van der Waals surface area contributed by atoms with E-state index in [0.717, 1.165) is 5.56 Å². The Morgan fingerprint density at radius 3 is 2.32 bits per heavy atom. The van der Waals surface area contributed by atoms with Gasteiger partial charge in [-0.25, -0.2) is 4.98 Å². The van der Waals surface area contributed by atoms with E-state index in [9.17, 15) is 4.79 Å². The fourth-order valence-electron chi connectivity index (χ4n) is 2.62. The van der Waals surface area contributed by atoms with Crippen LogP contribution in [0.4, 0.5) is 0 Å². The van der Waals surface area contributed by atoms with Gasteiger partial charge in [-0.3, -0.25) is 9.89 Å². The summed E-state index contributed by atoms with van der Waals surface area (Å²) < 4.78 is 15.7. The lowest BCUT2D eigenvalue weighted by Crippen LogP contribution is -2.13. The maximum atomic E-state index is 12.6. The van der Waals surface area contributed by atoms with Gasteiger partial charge in [0.15, 0.2) is 11.6 Å². The monoisotopic (exact) mass is 399 g/mol. The van der Waals surface area contributed by atoms with Gasteiger partial charge in [0.05, 0.1) is 32.1 Å². The van der Waals surface area contributed by atoms with Crippen molar-refractivity contribution in [3.8, 4) is 28.6 Å². The van der Waals surface area contributed by atoms with E-state index in [2.05, 4.69) is 15.2 Å². The molecule has 1 atom stereocenters. The molecule has 0 spiro atoms. The van der Waals surface area contributed by atoms with E-state index in [1.807, 2.05) is 19.1 Å². The minimum atomic E-state index is -0.338. The first-order valence-electron chi connectivity index (χ1n) is 8.55. The first-order valence-corrected chi connectivity index (χ1v) is 9.43. The molecule has 0 bridgehead atoms. The number of Topliss-reactive ketones (excluding diaryl/α,β-unsaturated/α-hetero) is 1. The molecule has 2 aromatic carbocycles. The molecule has 0 saturated heterocycles. The molecular formula is C20H21N3O4S. The number of aromatic nitrogens is 3. The van der Waals surface area contributed by atoms with Crippen LogP contribution in [0.15, 0.2) is 47.6 Å². The summed E-state index contributed by atoms with van der Waals surface area (Å²) >= 11 is 1.29. The van der Waals surface area contributed by atoms with Gasteiger partial charge in [-0.05, 0) is 43.3 Å². The van der Waals surface area contributed by atoms with Crippen LogP contribution in [-0.4, -0.2) is 47.5 Å². The van der Waals surface area contributed by atoms with Gasteiger partial charge >= 0.3 is 0 Å². The van der Waals surface area contributed by atoms with Crippen molar-refractivity contribution in [2.45, 2.75) is 17.3 Å². The highest BCUT2D eigenvalue weighted by molar-refractivity contribution is 8.00. The smallest absolute Gasteiger partial charge is 0.209 e. The number of ketones is 1. The molecule has 8 heteroatoms. The van der Waals surface area contributed by atoms with Gasteiger partial charge in [0.2, 0.25) is 5.16 Å². The molecule has 28 heavy (non-hydrogen) atoms. The van der Waals surface area contributed by atoms with Crippen LogP contribution in [-0.2, 0) is 0 Å². The molecule has 0 aliphatic heterocycles. The zero-order chi connectivity index (χ0) is 20.1. The summed E-state index contributed by atoms with van der Waals surface area (Å²) in [6.45, 7) is 1.83. The lowest BCUT2D eigenvalue weighted by molar-refractivity contribution is 0.0994. The van der Waals surface area contributed by atoms with Crippen LogP contribution in [0, 0.1) is 0 Å². The number of methoxy groups -OCH3 is 3. The SMILES string of the molecule is COc1ccc(C(=O)C(C)Sc2n[nH]c(-c3ccc(OC)cc3OC)n2)cc1. The molecule has 7 nitrogen and oxygen atoms in total. The number of H-pyrrole nitrogens is 1. The topological polar surface area (TPSA) is 86.3 Å². The van der Waals surface area contributed by atoms with Gasteiger partial charge in [-0.15, -0.1) is 5.10 Å². The molecule has 0 aliphatic carbocycles. The molecule has 146 valence electrons. The number of hydrogen-bond donors (Lipinski definition) is 1. The van der Waals surface area contributed by atoms with Crippen molar-refractivity contribution in [3.05, 3.63) is 48.0 Å². The first kappa shape index (κ1) is 19.8. The molecule has 1 heterocycles. The van der Waals surface area contributed by atoms with Gasteiger partial charge < -0.3 is 14.2 Å². The summed E-state index contributed by atoms with van der Waals surface area (Å²) in [4.78, 5) is 17.1. The van der Waals surface area contributed by atoms with E-state index >= 15 is 0 Å². The van der Waals surface area contributed by atoms with E-state index in [1.165, 1.54) is 11.8 Å². The molecule has 1 N–H and O–H groups in total. The summed E-state index contributed by atoms with van der Waals surface area (Å²) in [5.74, 6) is 2.58. The number of nitrogens with one attached hydrogen (secondary N) is 1. The first-order chi connectivity index (χ1) is 13.5. The van der Waals surface area contributed by atoms with Gasteiger partial charge in [0.1, 0.15) is 17.2 Å². The van der Waals surface area contributed by atoms with E-state index in [-0.39, 0.29) is 11.0 Å². The Kier molecular flexibility index (Phi) is 6.20. The Bertz CT molecular complexity index is 956. The van der Waals surface area contributed by atoms with E-state index in [0.29, 0.717) is 33.8 Å². The molecule has 0 aliphatic rings. The third-order valence-corrected chi connectivity index (χ3v) is 5.12. The summed E-state index contributed by atoms with van der Waals surface area (Å²) in [5, 5.41) is 7.27. The van der Waals surface area contributed by atoms with Crippen LogP contribution in [0.25, 0.3) is 11.4 Å². The van der Waals surface area contributed by atoms with Crippen LogP contribution < -0.4 is 14.2 Å². The summed E-state index contributed by atoms with van der Waals surface area (Å²) in [7, 11) is 4.77. The zero-order valence-electron chi connectivity index (χ0n) is 16.1. The second kappa shape index (κ2) is 8.79. The van der Waals surface area contributed by atoms with Gasteiger partial charge in [-0.2, -0.15) is 0 Å². The maximum Gasteiger partial charge on any atom is 0.209 e. The highest BCUT2D eigenvalue weighted by Gasteiger charge is 2.20. The van der Waals surface area contributed by atoms with Crippen LogP contribution in [0.1, 0.15) is 17.3 Å². The highest BCUT2D eigenvalue weighted by Crippen LogP contribution is 2.32. The number of thioether (sulfide) groups is 1. The fourth-order valence-corrected chi connectivity index (χ4v) is 3.42. The zero-order valence-corrected chi connectivity index (χ0v) is 16.9. The van der Waals surface area contributed by atoms with Crippen molar-refractivity contribution < 1.29 is 19.0 Å². The Labute approximate surface area is 167 Å². The molecular weight excluding hydrogens is 378 g/mol. The number of hydrogen-bond acceptors (Lipinski definition) is 7. The summed E-state index contributed by atoms with van der Waals surface area (Å²) in [6, 6.07) is 12.5. The third kappa shape index (κ3) is 4.28. The Hall–Kier alpha value is -3.00. The van der Waals surface area contributed by atoms with Crippen molar-refractivity contribution in [1.29, 1.82) is 0 Å². The predicted molar refractivity (Wildman–Crippen MR) is 108 cm³/mol. The second-order valence-corrected chi connectivity index (χ2v) is 7.19. The van der Waals surface area contributed by atoms with Gasteiger partial charge in [-0.1, -0.05) is 11.8 Å². The lowest BCUT2D eigenvalue weighted by atomic mass is 10.1. The van der Waals surface area contributed by atoms with Crippen molar-refractivity contribution in [2.75, 3.05) is 21.3 Å². The number of rotatable bonds is 8. The highest BCUT2D eigenvalue weighted by atomic mass is 32.2. The van der Waals surface area contributed by atoms with Gasteiger partial charge in [0.25, 0.3) is 0 Å². The van der Waals surface area contributed by atoms with Crippen LogP contribution in [0.2, 0.25) is 0 Å². The van der Waals surface area contributed by atoms with E-state index in [4.69, 9.17) is 14.2 Å². The minimum Gasteiger partial charge on any atom is -0.497 e. The lowest BCUT2D eigenvalue weighted by Gasteiger charge is -2.09. The number of ether oxygens (including phenoxy) is 3. The molecule has 0 amide bonds. The molecule has 1 unspecified atom stereocenters. The predicted octanol–water partition coefficient (Wildman–Crippen LogP) is 3.86. The number of benzene rings is 2. The molecule has 3 aromatic rings. The van der Waals surface area contributed by atoms with E-state index in [1.54, 1.807) is 51.7 Å². The summed E-state index contributed by atoms with van der Waals surface area (Å²) in [5.41, 5.74) is 1.38. The Morgan fingerprint density at radius 2 is 1.68 bits per heavy atom. The van der Waals surface area contributed by atoms with Crippen LogP contribution in [0.3, 0.4) is 0 Å². The molecule has 3 rings (SSSR count). The van der Waals surface area contributed by atoms with Crippen LogP contribution in [0.5, 0.6) is 17.2 Å². The third-order valence-electron chi connectivity index (χ3n) is 4.15. The Morgan fingerprint density at radius 1 is 1.00 bits per heavy atom. The average molecular weight is 399 g/mol. The standard InChI is InChI=1S/C20H21N3O4S/c1-12(18(24)13-5-7-14(25-2)8-6-13)28-20-21-19(22-23-20)16-10-9-15(26-3)11-17(16)27-4/h5-12H,1-4H3,(H,21,22,23). The largest absolute Gasteiger partial charge is 0.497 e. The van der Waals surface area contributed by atoms with Crippen LogP contribution >= 0.6 is 11.8 Å². The number of carbonyl (C=O) groups excluding carboxylic acids is 1. The van der Waals surface area contributed by atoms with Gasteiger partial charge in [0, 0.05) is 11.6 Å². The molecule has 0 saturated carbocycles. The number of aromatic amines is 1. The molecule has 0 fully saturated rings. The normalized spacial score (nSPS) is 11.7. The number of carbonyl (C=O) groups is 1. The fraction of sp³-hybridized carbons (Fsp3) is 0.250. The Balaban J connectivity index is 1.74. The molecule has 0 radical (unpaired) electrons. The quantitative estimate of drug-likeness (QED) is 0.455. The minimum absolute atomic E-state index is 0.000955. The van der Waals surface area contributed by atoms with Crippen molar-refractivity contribution >= 4 is 17.5 Å². The van der Waals surface area contributed by atoms with Crippen molar-refractivity contribution in [3.63, 3.8) is 0 Å². The second-order valence-electron chi connectivity index (χ2n) is 5.89. The van der Waals surface area contributed by atoms with E-state index < -0.39 is 0 Å². The van der Waals surface area contributed by atoms with Crippen molar-refractivity contribution in [1.82, 2.24) is 15.2 Å². The average Bonchev–Trinajstić information content (AvgIpc) is 3.20.